The van der Waals surface area contributed by atoms with E-state index in [1.807, 2.05) is 0 Å². The van der Waals surface area contributed by atoms with Gasteiger partial charge in [0.2, 0.25) is 10.0 Å². The van der Waals surface area contributed by atoms with Gasteiger partial charge in [0.25, 0.3) is 5.91 Å². The molecule has 0 aliphatic rings. The number of primary amides is 1. The topological polar surface area (TPSA) is 124 Å². The average Bonchev–Trinajstić information content (AvgIpc) is 2.88. The van der Waals surface area contributed by atoms with Crippen molar-refractivity contribution in [1.29, 1.82) is 0 Å². The van der Waals surface area contributed by atoms with Gasteiger partial charge in [-0.05, 0) is 18.2 Å². The minimum Gasteiger partial charge on any atom is -0.396 e. The van der Waals surface area contributed by atoms with Gasteiger partial charge >= 0.3 is 0 Å². The summed E-state index contributed by atoms with van der Waals surface area (Å²) in [5.41, 5.74) is 11.5. The summed E-state index contributed by atoms with van der Waals surface area (Å²) in [7, 11) is -0.838. The largest absolute Gasteiger partial charge is 0.396 e. The van der Waals surface area contributed by atoms with Gasteiger partial charge in [-0.3, -0.25) is 4.79 Å². The van der Waals surface area contributed by atoms with Crippen molar-refractivity contribution in [2.45, 2.75) is 4.90 Å². The fourth-order valence-electron chi connectivity index (χ4n) is 1.74. The molecule has 0 aliphatic heterocycles. The van der Waals surface area contributed by atoms with E-state index >= 15 is 0 Å². The van der Waals surface area contributed by atoms with Crippen LogP contribution >= 0.6 is 0 Å². The summed E-state index contributed by atoms with van der Waals surface area (Å²) in [6.07, 6.45) is 1.48. The highest BCUT2D eigenvalue weighted by molar-refractivity contribution is 7.89. The molecule has 112 valence electrons. The Morgan fingerprint density at radius 3 is 2.48 bits per heavy atom. The van der Waals surface area contributed by atoms with Gasteiger partial charge in [0.15, 0.2) is 0 Å². The number of benzene rings is 1. The molecule has 0 aliphatic carbocycles. The number of para-hydroxylation sites is 1. The molecule has 1 aromatic heterocycles. The maximum Gasteiger partial charge on any atom is 0.269 e. The Balaban J connectivity index is 2.59. The first-order chi connectivity index (χ1) is 9.75. The second kappa shape index (κ2) is 5.19. The second-order valence-corrected chi connectivity index (χ2v) is 6.61. The molecule has 0 saturated carbocycles. The summed E-state index contributed by atoms with van der Waals surface area (Å²) in [6.45, 7) is 0. The molecular weight excluding hydrogens is 294 g/mol. The van der Waals surface area contributed by atoms with E-state index in [9.17, 15) is 13.2 Å². The van der Waals surface area contributed by atoms with Gasteiger partial charge in [0.05, 0.1) is 11.4 Å². The average molecular weight is 309 g/mol. The van der Waals surface area contributed by atoms with E-state index in [4.69, 9.17) is 11.5 Å². The fraction of sp³-hybridized carbons (Fsp3) is 0.167. The van der Waals surface area contributed by atoms with Crippen LogP contribution in [0.15, 0.2) is 35.4 Å². The molecule has 0 atom stereocenters. The number of nitrogen functional groups attached to an aromatic ring is 1. The Hall–Kier alpha value is -2.39. The van der Waals surface area contributed by atoms with Crippen LogP contribution in [0.4, 0.5) is 5.69 Å². The van der Waals surface area contributed by atoms with E-state index < -0.39 is 15.9 Å². The van der Waals surface area contributed by atoms with Crippen molar-refractivity contribution < 1.29 is 13.2 Å². The number of hydrogen-bond acceptors (Lipinski definition) is 5. The minimum absolute atomic E-state index is 0.0267. The van der Waals surface area contributed by atoms with Crippen LogP contribution in [-0.2, 0) is 10.0 Å². The number of sulfonamides is 1. The normalized spacial score (nSPS) is 11.8. The maximum absolute atomic E-state index is 12.2. The van der Waals surface area contributed by atoms with Crippen LogP contribution in [0.3, 0.4) is 0 Å². The molecule has 2 rings (SSSR count). The van der Waals surface area contributed by atoms with Crippen LogP contribution < -0.4 is 11.5 Å². The highest BCUT2D eigenvalue weighted by Gasteiger charge is 2.22. The molecule has 0 radical (unpaired) electrons. The Kier molecular flexibility index (Phi) is 3.71. The van der Waals surface area contributed by atoms with Crippen molar-refractivity contribution in [3.63, 3.8) is 0 Å². The zero-order valence-electron chi connectivity index (χ0n) is 11.5. The molecule has 9 heteroatoms. The van der Waals surface area contributed by atoms with Gasteiger partial charge < -0.3 is 11.5 Å². The standard InChI is InChI=1S/C12H15N5O3S/c1-16(2)21(19,20)10-5-3-4-9(11(10)13)17-7-6-8(15-17)12(14)18/h3-7H,13H2,1-2H3,(H2,14,18). The molecule has 1 aromatic carbocycles. The van der Waals surface area contributed by atoms with Gasteiger partial charge in [0.1, 0.15) is 10.6 Å². The van der Waals surface area contributed by atoms with E-state index in [1.54, 1.807) is 12.1 Å². The maximum atomic E-state index is 12.2. The van der Waals surface area contributed by atoms with E-state index in [0.29, 0.717) is 5.69 Å². The zero-order chi connectivity index (χ0) is 15.8. The molecule has 1 heterocycles. The molecule has 0 bridgehead atoms. The smallest absolute Gasteiger partial charge is 0.269 e. The number of hydrogen-bond donors (Lipinski definition) is 2. The van der Waals surface area contributed by atoms with Crippen LogP contribution in [0.1, 0.15) is 10.5 Å². The summed E-state index contributed by atoms with van der Waals surface area (Å²) < 4.78 is 26.8. The van der Waals surface area contributed by atoms with Gasteiger partial charge in [-0.15, -0.1) is 0 Å². The zero-order valence-corrected chi connectivity index (χ0v) is 12.3. The highest BCUT2D eigenvalue weighted by atomic mass is 32.2. The van der Waals surface area contributed by atoms with Crippen LogP contribution in [0, 0.1) is 0 Å². The lowest BCUT2D eigenvalue weighted by Crippen LogP contribution is -2.23. The lowest BCUT2D eigenvalue weighted by Gasteiger charge is -2.15. The Morgan fingerprint density at radius 1 is 1.29 bits per heavy atom. The van der Waals surface area contributed by atoms with Gasteiger partial charge in [-0.2, -0.15) is 5.10 Å². The summed E-state index contributed by atoms with van der Waals surface area (Å²) in [5.74, 6) is -0.676. The monoisotopic (exact) mass is 309 g/mol. The Bertz CT molecular complexity index is 795. The van der Waals surface area contributed by atoms with Crippen LogP contribution in [0.5, 0.6) is 0 Å². The van der Waals surface area contributed by atoms with E-state index in [0.717, 1.165) is 4.31 Å². The molecule has 8 nitrogen and oxygen atoms in total. The molecule has 0 unspecified atom stereocenters. The number of amides is 1. The molecule has 1 amide bonds. The third kappa shape index (κ3) is 2.60. The van der Waals surface area contributed by atoms with Crippen LogP contribution in [-0.4, -0.2) is 42.5 Å². The van der Waals surface area contributed by atoms with Crippen molar-refractivity contribution >= 4 is 21.6 Å². The first-order valence-electron chi connectivity index (χ1n) is 5.92. The third-order valence-electron chi connectivity index (χ3n) is 2.89. The van der Waals surface area contributed by atoms with E-state index in [2.05, 4.69) is 5.10 Å². The third-order valence-corrected chi connectivity index (χ3v) is 4.76. The van der Waals surface area contributed by atoms with Gasteiger partial charge in [-0.25, -0.2) is 17.4 Å². The fourth-order valence-corrected chi connectivity index (χ4v) is 2.77. The quantitative estimate of drug-likeness (QED) is 0.757. The number of nitrogens with zero attached hydrogens (tertiary/aromatic N) is 3. The van der Waals surface area contributed by atoms with Crippen molar-refractivity contribution in [2.24, 2.45) is 5.73 Å². The first-order valence-corrected chi connectivity index (χ1v) is 7.36. The summed E-state index contributed by atoms with van der Waals surface area (Å²) >= 11 is 0. The molecule has 21 heavy (non-hydrogen) atoms. The van der Waals surface area contributed by atoms with Crippen LogP contribution in [0.2, 0.25) is 0 Å². The number of rotatable bonds is 4. The molecule has 0 spiro atoms. The Labute approximate surface area is 122 Å². The molecule has 0 fully saturated rings. The molecule has 0 saturated heterocycles. The lowest BCUT2D eigenvalue weighted by molar-refractivity contribution is 0.0995. The first kappa shape index (κ1) is 15.0. The minimum atomic E-state index is -3.67. The second-order valence-electron chi connectivity index (χ2n) is 4.49. The molecular formula is C12H15N5O3S. The van der Waals surface area contributed by atoms with Crippen molar-refractivity contribution in [3.8, 4) is 5.69 Å². The highest BCUT2D eigenvalue weighted by Crippen LogP contribution is 2.26. The van der Waals surface area contributed by atoms with Crippen molar-refractivity contribution in [1.82, 2.24) is 14.1 Å². The predicted octanol–water partition coefficient (Wildman–Crippen LogP) is -0.196. The summed E-state index contributed by atoms with van der Waals surface area (Å²) in [4.78, 5) is 11.0. The number of carbonyl (C=O) groups is 1. The van der Waals surface area contributed by atoms with E-state index in [1.165, 1.54) is 37.1 Å². The SMILES string of the molecule is CN(C)S(=O)(=O)c1cccc(-n2ccc(C(N)=O)n2)c1N. The van der Waals surface area contributed by atoms with Gasteiger partial charge in [0, 0.05) is 20.3 Å². The summed E-state index contributed by atoms with van der Waals surface area (Å²) in [6, 6.07) is 5.98. The lowest BCUT2D eigenvalue weighted by atomic mass is 10.3. The number of nitrogens with two attached hydrogens (primary N) is 2. The van der Waals surface area contributed by atoms with E-state index in [-0.39, 0.29) is 16.3 Å². The molecule has 4 N–H and O–H groups in total. The predicted molar refractivity (Wildman–Crippen MR) is 77.4 cm³/mol. The number of anilines is 1. The van der Waals surface area contributed by atoms with Crippen molar-refractivity contribution in [3.05, 3.63) is 36.2 Å². The Morgan fingerprint density at radius 2 is 1.95 bits per heavy atom. The van der Waals surface area contributed by atoms with Gasteiger partial charge in [-0.1, -0.05) is 6.07 Å². The van der Waals surface area contributed by atoms with Crippen LogP contribution in [0.25, 0.3) is 5.69 Å². The van der Waals surface area contributed by atoms with Crippen molar-refractivity contribution in [2.75, 3.05) is 19.8 Å². The number of carbonyl (C=O) groups excluding carboxylic acids is 1. The summed E-state index contributed by atoms with van der Waals surface area (Å²) in [5, 5.41) is 3.96. The molecule has 2 aromatic rings. The number of aromatic nitrogens is 2.